The number of rotatable bonds is 22. The SMILES string of the molecule is CCCCC[C@@H](/C=C/[C@@H]1[C@H]2C[C@](OC)([C@@H](F)CCCC(=O)OC)O[C@H]2C[C@H]1O[Si](CC)(CC)CC)O[Si](CC)(CC)CC. The number of hydrogen-bond donors (Lipinski definition) is 0. The smallest absolute Gasteiger partial charge is 0.305 e. The van der Waals surface area contributed by atoms with Crippen LogP contribution in [0.3, 0.4) is 0 Å². The predicted octanol–water partition coefficient (Wildman–Crippen LogP) is 9.35. The molecule has 9 heteroatoms. The van der Waals surface area contributed by atoms with Gasteiger partial charge in [-0.1, -0.05) is 79.9 Å². The molecule has 1 heterocycles. The van der Waals surface area contributed by atoms with Gasteiger partial charge in [-0.2, -0.15) is 0 Å². The summed E-state index contributed by atoms with van der Waals surface area (Å²) in [5.41, 5.74) is 0. The van der Waals surface area contributed by atoms with E-state index < -0.39 is 28.6 Å². The number of ether oxygens (including phenoxy) is 3. The predicted molar refractivity (Wildman–Crippen MR) is 179 cm³/mol. The molecule has 0 aromatic heterocycles. The summed E-state index contributed by atoms with van der Waals surface area (Å²) < 4.78 is 47.1. The van der Waals surface area contributed by atoms with E-state index in [-0.39, 0.29) is 49.0 Å². The van der Waals surface area contributed by atoms with Gasteiger partial charge in [-0.3, -0.25) is 4.79 Å². The second kappa shape index (κ2) is 18.5. The van der Waals surface area contributed by atoms with E-state index in [0.29, 0.717) is 12.8 Å². The molecule has 2 fully saturated rings. The van der Waals surface area contributed by atoms with Crippen LogP contribution in [0.25, 0.3) is 0 Å². The number of fused-ring (bicyclic) bond motifs is 1. The third kappa shape index (κ3) is 9.95. The highest BCUT2D eigenvalue weighted by Crippen LogP contribution is 2.52. The van der Waals surface area contributed by atoms with Gasteiger partial charge in [-0.05, 0) is 67.9 Å². The average Bonchev–Trinajstić information content (AvgIpc) is 3.55. The highest BCUT2D eigenvalue weighted by atomic mass is 28.4. The normalized spacial score (nSPS) is 27.5. The van der Waals surface area contributed by atoms with Gasteiger partial charge in [0.2, 0.25) is 0 Å². The van der Waals surface area contributed by atoms with Crippen molar-refractivity contribution in [3.63, 3.8) is 0 Å². The highest BCUT2D eigenvalue weighted by molar-refractivity contribution is 6.74. The van der Waals surface area contributed by atoms with Gasteiger partial charge in [0.25, 0.3) is 0 Å². The number of alkyl halides is 1. The van der Waals surface area contributed by atoms with Gasteiger partial charge >= 0.3 is 5.97 Å². The minimum atomic E-state index is -1.87. The third-order valence-electron chi connectivity index (χ3n) is 10.9. The quantitative estimate of drug-likeness (QED) is 0.0507. The Labute approximate surface area is 265 Å². The first-order chi connectivity index (χ1) is 20.6. The Bertz CT molecular complexity index is 819. The Morgan fingerprint density at radius 3 is 2.09 bits per heavy atom. The van der Waals surface area contributed by atoms with Crippen molar-refractivity contribution in [2.75, 3.05) is 14.2 Å². The maximum atomic E-state index is 15.8. The molecule has 43 heavy (non-hydrogen) atoms. The summed E-state index contributed by atoms with van der Waals surface area (Å²) >= 11 is 0. The molecule has 0 bridgehead atoms. The number of carbonyl (C=O) groups is 1. The fourth-order valence-corrected chi connectivity index (χ4v) is 13.1. The fourth-order valence-electron chi connectivity index (χ4n) is 7.41. The molecule has 0 spiro atoms. The van der Waals surface area contributed by atoms with Gasteiger partial charge in [0, 0.05) is 25.9 Å². The van der Waals surface area contributed by atoms with E-state index >= 15 is 4.39 Å². The van der Waals surface area contributed by atoms with Crippen molar-refractivity contribution in [2.24, 2.45) is 11.8 Å². The molecule has 0 aromatic rings. The molecule has 7 atom stereocenters. The first kappa shape index (κ1) is 38.6. The zero-order valence-electron chi connectivity index (χ0n) is 29.1. The molecule has 2 aliphatic rings. The monoisotopic (exact) mass is 644 g/mol. The minimum absolute atomic E-state index is 0.0619. The summed E-state index contributed by atoms with van der Waals surface area (Å²) in [5.74, 6) is -1.37. The van der Waals surface area contributed by atoms with E-state index in [1.54, 1.807) is 7.11 Å². The maximum absolute atomic E-state index is 15.8. The molecule has 0 unspecified atom stereocenters. The van der Waals surface area contributed by atoms with Gasteiger partial charge in [-0.25, -0.2) is 4.39 Å². The summed E-state index contributed by atoms with van der Waals surface area (Å²) in [4.78, 5) is 11.6. The molecular weight excluding hydrogens is 580 g/mol. The molecule has 1 aliphatic heterocycles. The minimum Gasteiger partial charge on any atom is -0.469 e. The second-order valence-electron chi connectivity index (χ2n) is 13.0. The summed E-state index contributed by atoms with van der Waals surface area (Å²) in [6.07, 6.45) is 10.1. The van der Waals surface area contributed by atoms with Crippen molar-refractivity contribution < 1.29 is 32.2 Å². The lowest BCUT2D eigenvalue weighted by atomic mass is 9.87. The number of hydrogen-bond acceptors (Lipinski definition) is 6. The van der Waals surface area contributed by atoms with Crippen LogP contribution in [-0.4, -0.2) is 67.1 Å². The van der Waals surface area contributed by atoms with Crippen molar-refractivity contribution in [3.8, 4) is 0 Å². The standard InChI is InChI=1S/C34H65FO6Si2/c1-10-17-18-20-27(40-42(11-2,12-3)13-4)23-24-28-29-26-34(38-9,32(35)21-19-22-33(36)37-8)39-30(29)25-31(28)41-43(14-5,15-6)16-7/h23-24,27-32H,10-22,25-26H2,1-9H3/b24-23+/t27-,28+,29+,30-,31+,32-,34+/m0/s1. The fraction of sp³-hybridized carbons (Fsp3) is 0.912. The summed E-state index contributed by atoms with van der Waals surface area (Å²) in [6, 6.07) is 6.68. The molecule has 0 N–H and O–H groups in total. The Morgan fingerprint density at radius 1 is 0.930 bits per heavy atom. The molecule has 1 saturated carbocycles. The van der Waals surface area contributed by atoms with Gasteiger partial charge < -0.3 is 23.1 Å². The molecule has 6 nitrogen and oxygen atoms in total. The van der Waals surface area contributed by atoms with Crippen LogP contribution < -0.4 is 0 Å². The molecule has 0 amide bonds. The molecule has 252 valence electrons. The first-order valence-electron chi connectivity index (χ1n) is 17.6. The van der Waals surface area contributed by atoms with Crippen LogP contribution in [0.1, 0.15) is 106 Å². The number of unbranched alkanes of at least 4 members (excludes halogenated alkanes) is 2. The van der Waals surface area contributed by atoms with Crippen molar-refractivity contribution in [1.82, 2.24) is 0 Å². The van der Waals surface area contributed by atoms with Crippen LogP contribution in [0.5, 0.6) is 0 Å². The Kier molecular flexibility index (Phi) is 16.6. The number of methoxy groups -OCH3 is 2. The van der Waals surface area contributed by atoms with E-state index in [9.17, 15) is 4.79 Å². The Morgan fingerprint density at radius 2 is 1.56 bits per heavy atom. The van der Waals surface area contributed by atoms with E-state index in [1.807, 2.05) is 0 Å². The molecule has 0 aromatic carbocycles. The molecule has 0 radical (unpaired) electrons. The lowest BCUT2D eigenvalue weighted by Gasteiger charge is -2.37. The summed E-state index contributed by atoms with van der Waals surface area (Å²) in [6.45, 7) is 15.9. The van der Waals surface area contributed by atoms with Crippen LogP contribution in [-0.2, 0) is 27.9 Å². The van der Waals surface area contributed by atoms with Gasteiger partial charge in [0.1, 0.15) is 0 Å². The van der Waals surface area contributed by atoms with Crippen LogP contribution >= 0.6 is 0 Å². The average molecular weight is 645 g/mol. The Balaban J connectivity index is 2.37. The summed E-state index contributed by atoms with van der Waals surface area (Å²) in [5, 5.41) is 0. The van der Waals surface area contributed by atoms with E-state index in [2.05, 4.69) is 60.6 Å². The second-order valence-corrected chi connectivity index (χ2v) is 22.4. The largest absolute Gasteiger partial charge is 0.469 e. The van der Waals surface area contributed by atoms with Crippen molar-refractivity contribution >= 4 is 22.6 Å². The van der Waals surface area contributed by atoms with Gasteiger partial charge in [-0.15, -0.1) is 0 Å². The lowest BCUT2D eigenvalue weighted by molar-refractivity contribution is -0.248. The number of esters is 1. The zero-order chi connectivity index (χ0) is 32.1. The molecular formula is C34H65FO6Si2. The Hall–Kier alpha value is -0.586. The third-order valence-corrected chi connectivity index (χ3v) is 20.3. The van der Waals surface area contributed by atoms with E-state index in [0.717, 1.165) is 55.5 Å². The molecule has 1 aliphatic carbocycles. The van der Waals surface area contributed by atoms with Crippen LogP contribution in [0.2, 0.25) is 36.3 Å². The van der Waals surface area contributed by atoms with Crippen molar-refractivity contribution in [3.05, 3.63) is 12.2 Å². The number of halogens is 1. The van der Waals surface area contributed by atoms with Crippen LogP contribution in [0.15, 0.2) is 12.2 Å². The van der Waals surface area contributed by atoms with Crippen LogP contribution in [0.4, 0.5) is 4.39 Å². The van der Waals surface area contributed by atoms with Crippen molar-refractivity contribution in [1.29, 1.82) is 0 Å². The molecule has 2 rings (SSSR count). The zero-order valence-corrected chi connectivity index (χ0v) is 31.1. The molecule has 1 saturated heterocycles. The number of carbonyl (C=O) groups excluding carboxylic acids is 1. The van der Waals surface area contributed by atoms with Gasteiger partial charge in [0.05, 0.1) is 25.4 Å². The van der Waals surface area contributed by atoms with Gasteiger partial charge in [0.15, 0.2) is 28.6 Å². The first-order valence-corrected chi connectivity index (χ1v) is 22.6. The van der Waals surface area contributed by atoms with E-state index in [1.165, 1.54) is 20.0 Å². The topological polar surface area (TPSA) is 63.2 Å². The lowest BCUT2D eigenvalue weighted by Crippen LogP contribution is -2.45. The van der Waals surface area contributed by atoms with E-state index in [4.69, 9.17) is 23.1 Å². The van der Waals surface area contributed by atoms with Crippen molar-refractivity contribution in [2.45, 2.75) is 173 Å². The van der Waals surface area contributed by atoms with Crippen LogP contribution in [0, 0.1) is 11.8 Å². The summed E-state index contributed by atoms with van der Waals surface area (Å²) in [7, 11) is -0.742. The highest BCUT2D eigenvalue weighted by Gasteiger charge is 2.59. The maximum Gasteiger partial charge on any atom is 0.305 e.